The molecule has 0 amide bonds. The maximum Gasteiger partial charge on any atom is 0.186 e. The van der Waals surface area contributed by atoms with E-state index in [1.165, 1.54) is 5.57 Å². The first-order valence-corrected chi connectivity index (χ1v) is 12.1. The highest BCUT2D eigenvalue weighted by Gasteiger charge is 2.60. The van der Waals surface area contributed by atoms with E-state index in [9.17, 15) is 25.2 Å². The standard InChI is InChI=1S/C25H36O7/c1-24-9-7-14(27)11-13(24)3-4-15-16-5-6-19(25(16,2)10-8-17(15)24)32-23-22(30)21(29)20(28)18(12-26)31-23/h7,9,11,15-23,26,28-30H,3-6,8,10,12H2,1-2H3/t15-,16-,17-,18+,19-,20+,21-,22+,23-,24-,25-/m0/s1. The van der Waals surface area contributed by atoms with Crippen molar-refractivity contribution in [1.82, 2.24) is 0 Å². The minimum atomic E-state index is -1.42. The van der Waals surface area contributed by atoms with Crippen LogP contribution in [-0.2, 0) is 14.3 Å². The third-order valence-corrected chi connectivity index (χ3v) is 9.62. The molecule has 7 heteroatoms. The average molecular weight is 449 g/mol. The number of hydrogen-bond acceptors (Lipinski definition) is 7. The number of aliphatic hydroxyl groups is 4. The van der Waals surface area contributed by atoms with E-state index in [1.54, 1.807) is 6.08 Å². The molecule has 0 aromatic carbocycles. The molecule has 4 aliphatic carbocycles. The molecular weight excluding hydrogens is 412 g/mol. The van der Waals surface area contributed by atoms with E-state index < -0.39 is 37.3 Å². The smallest absolute Gasteiger partial charge is 0.186 e. The molecule has 11 atom stereocenters. The monoisotopic (exact) mass is 448 g/mol. The van der Waals surface area contributed by atoms with Gasteiger partial charge in [-0.25, -0.2) is 0 Å². The Kier molecular flexibility index (Phi) is 5.67. The van der Waals surface area contributed by atoms with Crippen LogP contribution < -0.4 is 0 Å². The van der Waals surface area contributed by atoms with E-state index in [1.807, 2.05) is 6.08 Å². The van der Waals surface area contributed by atoms with Crippen LogP contribution in [0.4, 0.5) is 0 Å². The number of allylic oxidation sites excluding steroid dienone is 4. The van der Waals surface area contributed by atoms with Gasteiger partial charge < -0.3 is 29.9 Å². The molecule has 0 unspecified atom stereocenters. The first-order chi connectivity index (χ1) is 15.2. The van der Waals surface area contributed by atoms with Crippen LogP contribution in [-0.4, -0.2) is 69.6 Å². The molecule has 1 heterocycles. The summed E-state index contributed by atoms with van der Waals surface area (Å²) in [5.74, 6) is 1.65. The highest BCUT2D eigenvalue weighted by atomic mass is 16.7. The number of rotatable bonds is 3. The normalized spacial score (nSPS) is 52.8. The molecule has 5 aliphatic rings. The quantitative estimate of drug-likeness (QED) is 0.517. The topological polar surface area (TPSA) is 116 Å². The van der Waals surface area contributed by atoms with E-state index in [0.717, 1.165) is 38.5 Å². The van der Waals surface area contributed by atoms with E-state index in [4.69, 9.17) is 9.47 Å². The SMILES string of the molecule is C[C@]12CC[C@H]3[C@@H](CCC4=CC(=O)C=C[C@@]43C)[C@@H]1CC[C@@H]2O[C@@H]1O[C@H](CO)[C@@H](O)[C@H](O)[C@H]1O. The third kappa shape index (κ3) is 3.28. The van der Waals surface area contributed by atoms with Crippen molar-refractivity contribution in [2.75, 3.05) is 6.61 Å². The van der Waals surface area contributed by atoms with E-state index >= 15 is 0 Å². The van der Waals surface area contributed by atoms with Crippen LogP contribution in [0.2, 0.25) is 0 Å². The molecule has 4 N–H and O–H groups in total. The largest absolute Gasteiger partial charge is 0.394 e. The minimum Gasteiger partial charge on any atom is -0.394 e. The molecule has 0 aromatic heterocycles. The Morgan fingerprint density at radius 3 is 2.59 bits per heavy atom. The van der Waals surface area contributed by atoms with Gasteiger partial charge in [0, 0.05) is 5.41 Å². The molecule has 0 aromatic rings. The zero-order valence-electron chi connectivity index (χ0n) is 18.9. The van der Waals surface area contributed by atoms with Crippen LogP contribution in [0.3, 0.4) is 0 Å². The number of hydrogen-bond donors (Lipinski definition) is 4. The summed E-state index contributed by atoms with van der Waals surface area (Å²) in [4.78, 5) is 11.9. The molecule has 7 nitrogen and oxygen atoms in total. The van der Waals surface area contributed by atoms with Crippen molar-refractivity contribution >= 4 is 5.78 Å². The number of fused-ring (bicyclic) bond motifs is 5. The number of carbonyl (C=O) groups excluding carboxylic acids is 1. The van der Waals surface area contributed by atoms with Gasteiger partial charge >= 0.3 is 0 Å². The summed E-state index contributed by atoms with van der Waals surface area (Å²) in [6.45, 7) is 4.12. The second-order valence-electron chi connectivity index (χ2n) is 11.0. The molecule has 3 saturated carbocycles. The fourth-order valence-corrected chi connectivity index (χ4v) is 7.71. The maximum atomic E-state index is 11.9. The van der Waals surface area contributed by atoms with Gasteiger partial charge in [0.25, 0.3) is 0 Å². The Morgan fingerprint density at radius 2 is 1.84 bits per heavy atom. The van der Waals surface area contributed by atoms with Crippen molar-refractivity contribution < 1.29 is 34.7 Å². The fourth-order valence-electron chi connectivity index (χ4n) is 7.71. The number of ether oxygens (including phenoxy) is 2. The van der Waals surface area contributed by atoms with Crippen LogP contribution in [0.1, 0.15) is 52.4 Å². The molecule has 5 rings (SSSR count). The predicted octanol–water partition coefficient (Wildman–Crippen LogP) is 1.48. The second kappa shape index (κ2) is 8.00. The Labute approximate surface area is 189 Å². The van der Waals surface area contributed by atoms with Gasteiger partial charge in [-0.05, 0) is 73.8 Å². The van der Waals surface area contributed by atoms with Crippen LogP contribution in [0.25, 0.3) is 0 Å². The van der Waals surface area contributed by atoms with Crippen LogP contribution >= 0.6 is 0 Å². The lowest BCUT2D eigenvalue weighted by atomic mass is 9.48. The first-order valence-electron chi connectivity index (χ1n) is 12.1. The predicted molar refractivity (Wildman–Crippen MR) is 115 cm³/mol. The lowest BCUT2D eigenvalue weighted by Crippen LogP contribution is -2.60. The average Bonchev–Trinajstić information content (AvgIpc) is 3.10. The minimum absolute atomic E-state index is 0.0473. The van der Waals surface area contributed by atoms with Gasteiger partial charge in [0.2, 0.25) is 0 Å². The van der Waals surface area contributed by atoms with Crippen molar-refractivity contribution in [3.8, 4) is 0 Å². The summed E-state index contributed by atoms with van der Waals surface area (Å²) in [5, 5.41) is 40.1. The van der Waals surface area contributed by atoms with Gasteiger partial charge in [0.05, 0.1) is 12.7 Å². The molecule has 4 fully saturated rings. The van der Waals surface area contributed by atoms with Gasteiger partial charge in [0.15, 0.2) is 12.1 Å². The summed E-state index contributed by atoms with van der Waals surface area (Å²) < 4.78 is 11.9. The van der Waals surface area contributed by atoms with Crippen molar-refractivity contribution in [3.63, 3.8) is 0 Å². The molecule has 0 radical (unpaired) electrons. The van der Waals surface area contributed by atoms with E-state index in [-0.39, 0.29) is 22.7 Å². The van der Waals surface area contributed by atoms with Crippen LogP contribution in [0, 0.1) is 28.6 Å². The van der Waals surface area contributed by atoms with Gasteiger partial charge in [-0.15, -0.1) is 0 Å². The second-order valence-corrected chi connectivity index (χ2v) is 11.0. The molecule has 0 bridgehead atoms. The lowest BCUT2D eigenvalue weighted by Gasteiger charge is -2.57. The number of ketones is 1. The zero-order valence-corrected chi connectivity index (χ0v) is 18.9. The van der Waals surface area contributed by atoms with Crippen molar-refractivity contribution in [3.05, 3.63) is 23.8 Å². The fraction of sp³-hybridized carbons (Fsp3) is 0.800. The Hall–Kier alpha value is -1.09. The molecule has 1 saturated heterocycles. The molecular formula is C25H36O7. The van der Waals surface area contributed by atoms with Gasteiger partial charge in [0.1, 0.15) is 24.4 Å². The number of aliphatic hydroxyl groups excluding tert-OH is 4. The van der Waals surface area contributed by atoms with Gasteiger partial charge in [-0.3, -0.25) is 4.79 Å². The van der Waals surface area contributed by atoms with E-state index in [0.29, 0.717) is 17.8 Å². The number of carbonyl (C=O) groups is 1. The van der Waals surface area contributed by atoms with Crippen molar-refractivity contribution in [2.24, 2.45) is 28.6 Å². The first kappa shape index (κ1) is 22.7. The molecule has 1 aliphatic heterocycles. The summed E-state index contributed by atoms with van der Waals surface area (Å²) >= 11 is 0. The van der Waals surface area contributed by atoms with Crippen LogP contribution in [0.15, 0.2) is 23.8 Å². The molecule has 32 heavy (non-hydrogen) atoms. The van der Waals surface area contributed by atoms with Gasteiger partial charge in [-0.2, -0.15) is 0 Å². The summed E-state index contributed by atoms with van der Waals surface area (Å²) in [7, 11) is 0. The van der Waals surface area contributed by atoms with Crippen molar-refractivity contribution in [2.45, 2.75) is 89.2 Å². The van der Waals surface area contributed by atoms with Gasteiger partial charge in [-0.1, -0.05) is 25.5 Å². The molecule has 0 spiro atoms. The summed E-state index contributed by atoms with van der Waals surface area (Å²) in [5.41, 5.74) is 1.17. The Balaban J connectivity index is 1.34. The highest BCUT2D eigenvalue weighted by molar-refractivity contribution is 6.01. The molecule has 178 valence electrons. The maximum absolute atomic E-state index is 11.9. The van der Waals surface area contributed by atoms with Crippen LogP contribution in [0.5, 0.6) is 0 Å². The Morgan fingerprint density at radius 1 is 1.06 bits per heavy atom. The summed E-state index contributed by atoms with van der Waals surface area (Å²) in [6.07, 6.45) is 5.39. The van der Waals surface area contributed by atoms with Crippen molar-refractivity contribution in [1.29, 1.82) is 0 Å². The third-order valence-electron chi connectivity index (χ3n) is 9.62. The Bertz CT molecular complexity index is 821. The lowest BCUT2D eigenvalue weighted by molar-refractivity contribution is -0.319. The highest BCUT2D eigenvalue weighted by Crippen LogP contribution is 2.65. The summed E-state index contributed by atoms with van der Waals surface area (Å²) in [6, 6.07) is 0. The van der Waals surface area contributed by atoms with E-state index in [2.05, 4.69) is 19.9 Å². The zero-order chi connectivity index (χ0) is 22.8.